The number of halogens is 1. The van der Waals surface area contributed by atoms with E-state index in [4.69, 9.17) is 21.1 Å². The summed E-state index contributed by atoms with van der Waals surface area (Å²) in [7, 11) is 4.06. The second-order valence-corrected chi connectivity index (χ2v) is 7.88. The summed E-state index contributed by atoms with van der Waals surface area (Å²) in [5.41, 5.74) is 0.746. The lowest BCUT2D eigenvalue weighted by atomic mass is 9.89. The zero-order chi connectivity index (χ0) is 18.7. The molecule has 0 saturated carbocycles. The van der Waals surface area contributed by atoms with Crippen LogP contribution in [0.3, 0.4) is 0 Å². The highest BCUT2D eigenvalue weighted by atomic mass is 35.5. The molecule has 1 amide bonds. The summed E-state index contributed by atoms with van der Waals surface area (Å²) in [4.78, 5) is 16.9. The lowest BCUT2D eigenvalue weighted by Crippen LogP contribution is -2.47. The monoisotopic (exact) mass is 382 g/mol. The summed E-state index contributed by atoms with van der Waals surface area (Å²) < 4.78 is 11.1. The Labute approximate surface area is 159 Å². The van der Waals surface area contributed by atoms with E-state index < -0.39 is 0 Å². The van der Waals surface area contributed by atoms with Gasteiger partial charge in [-0.15, -0.1) is 0 Å². The molecule has 0 radical (unpaired) electrons. The molecule has 0 bridgehead atoms. The molecule has 2 aliphatic rings. The Balaban J connectivity index is 1.70. The van der Waals surface area contributed by atoms with E-state index in [0.717, 1.165) is 25.1 Å². The van der Waals surface area contributed by atoms with E-state index >= 15 is 0 Å². The molecular formula is C19H27ClN2O4. The first-order chi connectivity index (χ1) is 12.5. The van der Waals surface area contributed by atoms with Crippen molar-refractivity contribution in [3.05, 3.63) is 22.7 Å². The lowest BCUT2D eigenvalue weighted by Gasteiger charge is -2.38. The summed E-state index contributed by atoms with van der Waals surface area (Å²) >= 11 is 6.34. The number of piperidine rings is 1. The maximum absolute atomic E-state index is 12.9. The second kappa shape index (κ2) is 8.46. The predicted octanol–water partition coefficient (Wildman–Crippen LogP) is 1.67. The van der Waals surface area contributed by atoms with Crippen LogP contribution in [0, 0.1) is 11.8 Å². The molecule has 2 heterocycles. The number of nitrogens with zero attached hydrogens (tertiary/aromatic N) is 2. The van der Waals surface area contributed by atoms with Gasteiger partial charge in [0.05, 0.1) is 6.42 Å². The largest absolute Gasteiger partial charge is 0.486 e. The normalized spacial score (nSPS) is 22.6. The maximum atomic E-state index is 12.9. The van der Waals surface area contributed by atoms with Crippen LogP contribution in [0.1, 0.15) is 12.0 Å². The average molecular weight is 383 g/mol. The third-order valence-corrected chi connectivity index (χ3v) is 5.26. The number of fused-ring (bicyclic) bond motifs is 1. The molecule has 7 heteroatoms. The number of aliphatic hydroxyl groups is 1. The minimum absolute atomic E-state index is 0.0329. The van der Waals surface area contributed by atoms with E-state index in [-0.39, 0.29) is 24.9 Å². The van der Waals surface area contributed by atoms with Gasteiger partial charge in [0.2, 0.25) is 5.91 Å². The van der Waals surface area contributed by atoms with Crippen molar-refractivity contribution < 1.29 is 19.4 Å². The molecule has 1 aromatic carbocycles. The average Bonchev–Trinajstić information content (AvgIpc) is 2.61. The Hall–Kier alpha value is -1.50. The van der Waals surface area contributed by atoms with Crippen LogP contribution in [-0.4, -0.2) is 74.4 Å². The Morgan fingerprint density at radius 2 is 1.88 bits per heavy atom. The van der Waals surface area contributed by atoms with Gasteiger partial charge in [0.1, 0.15) is 13.2 Å². The first-order valence-corrected chi connectivity index (χ1v) is 9.45. The van der Waals surface area contributed by atoms with E-state index in [1.807, 2.05) is 19.0 Å². The topological polar surface area (TPSA) is 62.2 Å². The van der Waals surface area contributed by atoms with Gasteiger partial charge in [0.15, 0.2) is 11.5 Å². The van der Waals surface area contributed by atoms with Gasteiger partial charge in [0.25, 0.3) is 0 Å². The molecule has 2 atom stereocenters. The van der Waals surface area contributed by atoms with Crippen LogP contribution >= 0.6 is 11.6 Å². The Morgan fingerprint density at radius 3 is 2.54 bits per heavy atom. The lowest BCUT2D eigenvalue weighted by molar-refractivity contribution is -0.133. The van der Waals surface area contributed by atoms with Crippen LogP contribution in [0.4, 0.5) is 0 Å². The van der Waals surface area contributed by atoms with Crippen LogP contribution in [0.25, 0.3) is 0 Å². The molecule has 1 saturated heterocycles. The van der Waals surface area contributed by atoms with E-state index in [1.165, 1.54) is 0 Å². The van der Waals surface area contributed by atoms with Gasteiger partial charge in [-0.1, -0.05) is 11.6 Å². The molecule has 0 spiro atoms. The number of amides is 1. The predicted molar refractivity (Wildman–Crippen MR) is 100.0 cm³/mol. The fourth-order valence-corrected chi connectivity index (χ4v) is 4.04. The molecule has 1 aromatic rings. The van der Waals surface area contributed by atoms with Gasteiger partial charge < -0.3 is 24.4 Å². The molecule has 0 aliphatic carbocycles. The highest BCUT2D eigenvalue weighted by molar-refractivity contribution is 6.31. The van der Waals surface area contributed by atoms with Crippen molar-refractivity contribution in [1.29, 1.82) is 0 Å². The number of ether oxygens (including phenoxy) is 2. The first kappa shape index (κ1) is 19.3. The van der Waals surface area contributed by atoms with Gasteiger partial charge in [-0.05, 0) is 44.0 Å². The maximum Gasteiger partial charge on any atom is 0.227 e. The van der Waals surface area contributed by atoms with E-state index in [2.05, 4.69) is 4.90 Å². The van der Waals surface area contributed by atoms with Crippen LogP contribution < -0.4 is 9.47 Å². The SMILES string of the molecule is CN(C)C[C@@H]1C[C@@H](CO)CN(C(=O)Cc2cc3c(cc2Cl)OCCO3)C1. The van der Waals surface area contributed by atoms with Crippen molar-refractivity contribution in [3.63, 3.8) is 0 Å². The van der Waals surface area contributed by atoms with Crippen molar-refractivity contribution in [3.8, 4) is 11.5 Å². The van der Waals surface area contributed by atoms with E-state index in [1.54, 1.807) is 12.1 Å². The molecule has 1 N–H and O–H groups in total. The molecular weight excluding hydrogens is 356 g/mol. The number of carbonyl (C=O) groups is 1. The van der Waals surface area contributed by atoms with Gasteiger partial charge in [0, 0.05) is 37.3 Å². The van der Waals surface area contributed by atoms with Gasteiger partial charge in [-0.3, -0.25) is 4.79 Å². The molecule has 0 unspecified atom stereocenters. The zero-order valence-electron chi connectivity index (χ0n) is 15.4. The van der Waals surface area contributed by atoms with Gasteiger partial charge in [-0.2, -0.15) is 0 Å². The summed E-state index contributed by atoms with van der Waals surface area (Å²) in [5, 5.41) is 10.1. The molecule has 0 aromatic heterocycles. The van der Waals surface area contributed by atoms with Crippen LogP contribution in [0.15, 0.2) is 12.1 Å². The standard InChI is InChI=1S/C19H27ClN2O4/c1-21(2)9-13-5-14(12-23)11-22(10-13)19(24)7-15-6-17-18(8-16(15)20)26-4-3-25-17/h6,8,13-14,23H,3-5,7,9-12H2,1-2H3/t13-,14+/m0/s1. The molecule has 2 aliphatic heterocycles. The van der Waals surface area contributed by atoms with Crippen LogP contribution in [0.2, 0.25) is 5.02 Å². The number of rotatable bonds is 5. The van der Waals surface area contributed by atoms with Gasteiger partial charge >= 0.3 is 0 Å². The fraction of sp³-hybridized carbons (Fsp3) is 0.632. The minimum atomic E-state index is 0.0329. The van der Waals surface area contributed by atoms with Crippen molar-refractivity contribution in [1.82, 2.24) is 9.80 Å². The highest BCUT2D eigenvalue weighted by Gasteiger charge is 2.30. The Bertz CT molecular complexity index is 653. The summed E-state index contributed by atoms with van der Waals surface area (Å²) in [6.45, 7) is 3.34. The van der Waals surface area contributed by atoms with Crippen LogP contribution in [-0.2, 0) is 11.2 Å². The highest BCUT2D eigenvalue weighted by Crippen LogP contribution is 2.36. The second-order valence-electron chi connectivity index (χ2n) is 7.48. The number of carbonyl (C=O) groups excluding carboxylic acids is 1. The zero-order valence-corrected chi connectivity index (χ0v) is 16.2. The number of aliphatic hydroxyl groups excluding tert-OH is 1. The number of hydrogen-bond donors (Lipinski definition) is 1. The van der Waals surface area contributed by atoms with Crippen LogP contribution in [0.5, 0.6) is 11.5 Å². The summed E-state index contributed by atoms with van der Waals surface area (Å²) in [6.07, 6.45) is 1.17. The molecule has 26 heavy (non-hydrogen) atoms. The van der Waals surface area contributed by atoms with Crippen molar-refractivity contribution >= 4 is 17.5 Å². The van der Waals surface area contributed by atoms with Crippen molar-refractivity contribution in [2.45, 2.75) is 12.8 Å². The molecule has 6 nitrogen and oxygen atoms in total. The number of benzene rings is 1. The third kappa shape index (κ3) is 4.61. The van der Waals surface area contributed by atoms with Gasteiger partial charge in [-0.25, -0.2) is 0 Å². The number of hydrogen-bond acceptors (Lipinski definition) is 5. The fourth-order valence-electron chi connectivity index (χ4n) is 3.82. The minimum Gasteiger partial charge on any atom is -0.486 e. The molecule has 144 valence electrons. The first-order valence-electron chi connectivity index (χ1n) is 9.07. The van der Waals surface area contributed by atoms with Crippen molar-refractivity contribution in [2.24, 2.45) is 11.8 Å². The quantitative estimate of drug-likeness (QED) is 0.839. The third-order valence-electron chi connectivity index (χ3n) is 4.91. The smallest absolute Gasteiger partial charge is 0.227 e. The van der Waals surface area contributed by atoms with E-state index in [9.17, 15) is 9.90 Å². The summed E-state index contributed by atoms with van der Waals surface area (Å²) in [5.74, 6) is 1.80. The summed E-state index contributed by atoms with van der Waals surface area (Å²) in [6, 6.07) is 3.53. The Kier molecular flexibility index (Phi) is 6.27. The van der Waals surface area contributed by atoms with E-state index in [0.29, 0.717) is 42.2 Å². The van der Waals surface area contributed by atoms with Crippen molar-refractivity contribution in [2.75, 3.05) is 53.6 Å². The number of likely N-dealkylation sites (tertiary alicyclic amines) is 1. The Morgan fingerprint density at radius 1 is 1.23 bits per heavy atom. The molecule has 1 fully saturated rings. The molecule has 3 rings (SSSR count).